The highest BCUT2D eigenvalue weighted by atomic mass is 32.2. The Balaban J connectivity index is 1.60. The fourth-order valence-corrected chi connectivity index (χ4v) is 4.63. The topological polar surface area (TPSA) is 103 Å². The molecular formula is C20H22F3N3O5S. The van der Waals surface area contributed by atoms with Crippen molar-refractivity contribution in [2.24, 2.45) is 11.8 Å². The van der Waals surface area contributed by atoms with Crippen LogP contribution in [0.5, 0.6) is 5.75 Å². The molecule has 2 aliphatic rings. The molecule has 2 atom stereocenters. The zero-order chi connectivity index (χ0) is 23.5. The van der Waals surface area contributed by atoms with Crippen LogP contribution >= 0.6 is 0 Å². The first-order chi connectivity index (χ1) is 14.8. The fraction of sp³-hybridized carbons (Fsp3) is 0.550. The molecule has 1 aliphatic carbocycles. The number of ether oxygens (including phenoxy) is 1. The van der Waals surface area contributed by atoms with E-state index < -0.39 is 33.2 Å². The van der Waals surface area contributed by atoms with E-state index in [2.05, 4.69) is 14.7 Å². The largest absolute Gasteiger partial charge is 0.492 e. The molecule has 0 N–H and O–H groups in total. The van der Waals surface area contributed by atoms with E-state index in [-0.39, 0.29) is 40.4 Å². The van der Waals surface area contributed by atoms with Crippen LogP contribution in [0.1, 0.15) is 42.3 Å². The standard InChI is InChI=1S/C20H22F3N3O5S/c1-11(2)9-30-15-5-4-13(32(3,28)29)6-14(15)16(27)26-8-12-7-19(12,10-26)17-24-18(31-25-17)20(21,22)23/h4-6,11-12H,7-10H2,1-3H3. The summed E-state index contributed by atoms with van der Waals surface area (Å²) in [6.45, 7) is 4.60. The molecule has 12 heteroatoms. The first-order valence-electron chi connectivity index (χ1n) is 9.99. The predicted molar refractivity (Wildman–Crippen MR) is 105 cm³/mol. The second-order valence-electron chi connectivity index (χ2n) is 8.80. The normalized spacial score (nSPS) is 22.8. The van der Waals surface area contributed by atoms with E-state index in [4.69, 9.17) is 4.74 Å². The maximum absolute atomic E-state index is 13.3. The number of fused-ring (bicyclic) bond motifs is 1. The summed E-state index contributed by atoms with van der Waals surface area (Å²) in [5.74, 6) is -1.60. The van der Waals surface area contributed by atoms with Gasteiger partial charge in [-0.15, -0.1) is 0 Å². The first-order valence-corrected chi connectivity index (χ1v) is 11.9. The summed E-state index contributed by atoms with van der Waals surface area (Å²) < 4.78 is 72.6. The van der Waals surface area contributed by atoms with Crippen molar-refractivity contribution < 1.29 is 35.6 Å². The van der Waals surface area contributed by atoms with Gasteiger partial charge in [0.25, 0.3) is 5.91 Å². The second kappa shape index (κ2) is 7.46. The molecule has 1 aliphatic heterocycles. The van der Waals surface area contributed by atoms with E-state index in [1.807, 2.05) is 13.8 Å². The van der Waals surface area contributed by atoms with Crippen molar-refractivity contribution >= 4 is 15.7 Å². The van der Waals surface area contributed by atoms with E-state index in [9.17, 15) is 26.4 Å². The molecule has 2 unspecified atom stereocenters. The summed E-state index contributed by atoms with van der Waals surface area (Å²) in [7, 11) is -3.56. The van der Waals surface area contributed by atoms with Crippen molar-refractivity contribution in [3.05, 3.63) is 35.5 Å². The molecule has 1 saturated heterocycles. The van der Waals surface area contributed by atoms with Crippen molar-refractivity contribution in [2.75, 3.05) is 26.0 Å². The minimum atomic E-state index is -4.74. The minimum Gasteiger partial charge on any atom is -0.492 e. The lowest BCUT2D eigenvalue weighted by molar-refractivity contribution is -0.159. The van der Waals surface area contributed by atoms with Gasteiger partial charge >= 0.3 is 12.1 Å². The molecular weight excluding hydrogens is 451 g/mol. The van der Waals surface area contributed by atoms with Gasteiger partial charge in [0.05, 0.1) is 22.5 Å². The lowest BCUT2D eigenvalue weighted by atomic mass is 10.1. The van der Waals surface area contributed by atoms with E-state index >= 15 is 0 Å². The lowest BCUT2D eigenvalue weighted by Gasteiger charge is -2.22. The molecule has 8 nitrogen and oxygen atoms in total. The summed E-state index contributed by atoms with van der Waals surface area (Å²) >= 11 is 0. The zero-order valence-electron chi connectivity index (χ0n) is 17.6. The average molecular weight is 473 g/mol. The number of sulfone groups is 1. The smallest absolute Gasteiger partial charge is 0.471 e. The molecule has 2 fully saturated rings. The number of rotatable bonds is 6. The van der Waals surface area contributed by atoms with Gasteiger partial charge in [-0.3, -0.25) is 4.79 Å². The monoisotopic (exact) mass is 473 g/mol. The van der Waals surface area contributed by atoms with Crippen LogP contribution in [0, 0.1) is 11.8 Å². The SMILES string of the molecule is CC(C)COc1ccc(S(C)(=O)=O)cc1C(=O)N1CC2CC2(c2noc(C(F)(F)F)n2)C1. The van der Waals surface area contributed by atoms with Gasteiger partial charge in [0.1, 0.15) is 5.75 Å². The summed E-state index contributed by atoms with van der Waals surface area (Å²) in [6.07, 6.45) is -3.15. The lowest BCUT2D eigenvalue weighted by Crippen LogP contribution is -2.33. The number of carbonyl (C=O) groups excluding carboxylic acids is 1. The Labute approximate surface area is 182 Å². The van der Waals surface area contributed by atoms with Crippen LogP contribution in [0.3, 0.4) is 0 Å². The van der Waals surface area contributed by atoms with Crippen LogP contribution in [0.25, 0.3) is 0 Å². The third kappa shape index (κ3) is 4.07. The third-order valence-electron chi connectivity index (χ3n) is 5.73. The highest BCUT2D eigenvalue weighted by Gasteiger charge is 2.65. The predicted octanol–water partition coefficient (Wildman–Crippen LogP) is 2.94. The van der Waals surface area contributed by atoms with Gasteiger partial charge in [-0.25, -0.2) is 8.42 Å². The number of piperidine rings is 1. The number of benzene rings is 1. The van der Waals surface area contributed by atoms with E-state index in [0.717, 1.165) is 6.26 Å². The van der Waals surface area contributed by atoms with Crippen LogP contribution in [-0.2, 0) is 21.4 Å². The number of hydrogen-bond acceptors (Lipinski definition) is 7. The molecule has 4 rings (SSSR count). The highest BCUT2D eigenvalue weighted by molar-refractivity contribution is 7.90. The maximum Gasteiger partial charge on any atom is 0.471 e. The summed E-state index contributed by atoms with van der Waals surface area (Å²) in [5.41, 5.74) is -0.690. The minimum absolute atomic E-state index is 0.0233. The van der Waals surface area contributed by atoms with Gasteiger partial charge in [-0.1, -0.05) is 19.0 Å². The molecule has 1 aromatic carbocycles. The van der Waals surface area contributed by atoms with Gasteiger partial charge in [0.2, 0.25) is 0 Å². The van der Waals surface area contributed by atoms with E-state index in [1.165, 1.54) is 23.1 Å². The molecule has 2 aromatic rings. The summed E-state index contributed by atoms with van der Waals surface area (Å²) in [6, 6.07) is 4.11. The van der Waals surface area contributed by atoms with Crippen molar-refractivity contribution in [1.82, 2.24) is 15.0 Å². The van der Waals surface area contributed by atoms with Gasteiger partial charge in [-0.2, -0.15) is 18.2 Å². The highest BCUT2D eigenvalue weighted by Crippen LogP contribution is 2.58. The second-order valence-corrected chi connectivity index (χ2v) is 10.8. The number of carbonyl (C=O) groups is 1. The van der Waals surface area contributed by atoms with Gasteiger partial charge in [0, 0.05) is 19.3 Å². The number of nitrogens with zero attached hydrogens (tertiary/aromatic N) is 3. The molecule has 0 radical (unpaired) electrons. The van der Waals surface area contributed by atoms with Gasteiger partial charge < -0.3 is 14.2 Å². The number of halogens is 3. The Morgan fingerprint density at radius 1 is 1.38 bits per heavy atom. The molecule has 1 saturated carbocycles. The number of likely N-dealkylation sites (tertiary alicyclic amines) is 1. The summed E-state index contributed by atoms with van der Waals surface area (Å²) in [4.78, 5) is 18.3. The van der Waals surface area contributed by atoms with Crippen molar-refractivity contribution in [3.63, 3.8) is 0 Å². The Kier molecular flexibility index (Phi) is 5.26. The van der Waals surface area contributed by atoms with E-state index in [0.29, 0.717) is 19.6 Å². The fourth-order valence-electron chi connectivity index (χ4n) is 3.98. The molecule has 32 heavy (non-hydrogen) atoms. The van der Waals surface area contributed by atoms with Crippen LogP contribution in [0.2, 0.25) is 0 Å². The Hall–Kier alpha value is -2.63. The number of hydrogen-bond donors (Lipinski definition) is 0. The van der Waals surface area contributed by atoms with Crippen LogP contribution in [-0.4, -0.2) is 55.3 Å². The maximum atomic E-state index is 13.3. The van der Waals surface area contributed by atoms with Crippen LogP contribution in [0.15, 0.2) is 27.6 Å². The van der Waals surface area contributed by atoms with Gasteiger partial charge in [0.15, 0.2) is 15.7 Å². The molecule has 0 spiro atoms. The third-order valence-corrected chi connectivity index (χ3v) is 6.84. The summed E-state index contributed by atoms with van der Waals surface area (Å²) in [5, 5.41) is 3.51. The number of aromatic nitrogens is 2. The van der Waals surface area contributed by atoms with Gasteiger partial charge in [-0.05, 0) is 36.5 Å². The number of alkyl halides is 3. The Bertz CT molecular complexity index is 1160. The average Bonchev–Trinajstić information content (AvgIpc) is 3.07. The van der Waals surface area contributed by atoms with Crippen LogP contribution < -0.4 is 4.74 Å². The first kappa shape index (κ1) is 22.6. The zero-order valence-corrected chi connectivity index (χ0v) is 18.5. The molecule has 2 heterocycles. The molecule has 174 valence electrons. The van der Waals surface area contributed by atoms with E-state index in [1.54, 1.807) is 0 Å². The number of amides is 1. The Morgan fingerprint density at radius 2 is 2.09 bits per heavy atom. The Morgan fingerprint density at radius 3 is 2.69 bits per heavy atom. The van der Waals surface area contributed by atoms with Crippen LogP contribution in [0.4, 0.5) is 13.2 Å². The molecule has 0 bridgehead atoms. The van der Waals surface area contributed by atoms with Crippen molar-refractivity contribution in [2.45, 2.75) is 36.8 Å². The quantitative estimate of drug-likeness (QED) is 0.636. The molecule has 1 aromatic heterocycles. The molecule has 1 amide bonds. The van der Waals surface area contributed by atoms with Crippen molar-refractivity contribution in [3.8, 4) is 5.75 Å². The van der Waals surface area contributed by atoms with Crippen molar-refractivity contribution in [1.29, 1.82) is 0 Å².